The number of fused-ring (bicyclic) bond motifs is 2. The molecule has 2 atom stereocenters. The Morgan fingerprint density at radius 2 is 0.844 bits per heavy atom. The second-order valence-corrected chi connectivity index (χ2v) is 12.5. The lowest BCUT2D eigenvalue weighted by atomic mass is 9.88. The van der Waals surface area contributed by atoms with E-state index in [0.29, 0.717) is 0 Å². The number of hydrogen-bond donors (Lipinski definition) is 0. The minimum atomic E-state index is -3.88. The van der Waals surface area contributed by atoms with Crippen molar-refractivity contribution in [2.75, 3.05) is 0 Å². The molecule has 0 N–H and O–H groups in total. The van der Waals surface area contributed by atoms with Gasteiger partial charge in [0.25, 0.3) is 0 Å². The zero-order valence-corrected chi connectivity index (χ0v) is 18.9. The fraction of sp³-hybridized carbons (Fsp3) is 0.154. The highest BCUT2D eigenvalue weighted by atomic mass is 32.2. The van der Waals surface area contributed by atoms with Gasteiger partial charge in [-0.2, -0.15) is 0 Å². The van der Waals surface area contributed by atoms with Crippen LogP contribution in [0, 0.1) is 0 Å². The number of benzene rings is 4. The summed E-state index contributed by atoms with van der Waals surface area (Å²) in [5.74, 6) is 0. The van der Waals surface area contributed by atoms with Crippen molar-refractivity contribution >= 4 is 30.4 Å². The molecule has 0 radical (unpaired) electrons. The zero-order chi connectivity index (χ0) is 22.3. The van der Waals surface area contributed by atoms with Gasteiger partial charge in [-0.05, 0) is 59.0 Å². The molecule has 32 heavy (non-hydrogen) atoms. The molecular weight excluding hydrogens is 440 g/mol. The van der Waals surface area contributed by atoms with E-state index in [1.165, 1.54) is 24.3 Å². The molecule has 4 aromatic rings. The fourth-order valence-electron chi connectivity index (χ4n) is 4.60. The average molecular weight is 463 g/mol. The van der Waals surface area contributed by atoms with Crippen molar-refractivity contribution in [3.8, 4) is 0 Å². The van der Waals surface area contributed by atoms with Gasteiger partial charge in [-0.15, -0.1) is 0 Å². The van der Waals surface area contributed by atoms with E-state index in [-0.39, 0.29) is 22.6 Å². The Bertz CT molecular complexity index is 1380. The molecular formula is C26H22O4S2. The lowest BCUT2D eigenvalue weighted by molar-refractivity contribution is 0.538. The molecule has 0 heterocycles. The van der Waals surface area contributed by atoms with Crippen molar-refractivity contribution in [2.45, 2.75) is 33.1 Å². The van der Waals surface area contributed by atoms with Crippen molar-refractivity contribution in [3.63, 3.8) is 0 Å². The lowest BCUT2D eigenvalue weighted by Gasteiger charge is -2.33. The molecule has 0 saturated carbocycles. The molecule has 1 aliphatic carbocycles. The molecule has 0 aliphatic heterocycles. The van der Waals surface area contributed by atoms with Crippen LogP contribution < -0.4 is 0 Å². The maximum Gasteiger partial charge on any atom is 0.182 e. The summed E-state index contributed by atoms with van der Waals surface area (Å²) in [4.78, 5) is 0.310. The van der Waals surface area contributed by atoms with Crippen LogP contribution in [0.2, 0.25) is 0 Å². The SMILES string of the molecule is O=S(=O)(c1ccccc1)[C@@H]1Cc2cc3ccccc3cc2C[C@H]1S(=O)(=O)c1ccccc1. The second kappa shape index (κ2) is 7.87. The van der Waals surface area contributed by atoms with Gasteiger partial charge in [0.1, 0.15) is 0 Å². The Morgan fingerprint density at radius 1 is 0.500 bits per heavy atom. The van der Waals surface area contributed by atoms with Crippen LogP contribution in [-0.4, -0.2) is 27.3 Å². The number of sulfone groups is 2. The molecule has 0 fully saturated rings. The molecule has 0 saturated heterocycles. The topological polar surface area (TPSA) is 68.3 Å². The van der Waals surface area contributed by atoms with Gasteiger partial charge in [0, 0.05) is 0 Å². The van der Waals surface area contributed by atoms with Gasteiger partial charge in [0.2, 0.25) is 0 Å². The minimum Gasteiger partial charge on any atom is -0.223 e. The molecule has 162 valence electrons. The predicted molar refractivity (Wildman–Crippen MR) is 126 cm³/mol. The molecule has 4 nitrogen and oxygen atoms in total. The monoisotopic (exact) mass is 462 g/mol. The summed E-state index contributed by atoms with van der Waals surface area (Å²) < 4.78 is 54.7. The Kier molecular flexibility index (Phi) is 5.14. The van der Waals surface area contributed by atoms with Crippen molar-refractivity contribution in [2.24, 2.45) is 0 Å². The van der Waals surface area contributed by atoms with Crippen LogP contribution in [0.3, 0.4) is 0 Å². The smallest absolute Gasteiger partial charge is 0.182 e. The quantitative estimate of drug-likeness (QED) is 0.444. The molecule has 0 amide bonds. The average Bonchev–Trinajstić information content (AvgIpc) is 2.83. The Morgan fingerprint density at radius 3 is 1.22 bits per heavy atom. The largest absolute Gasteiger partial charge is 0.223 e. The Labute approximate surface area is 188 Å². The van der Waals surface area contributed by atoms with Gasteiger partial charge in [-0.1, -0.05) is 72.8 Å². The van der Waals surface area contributed by atoms with Gasteiger partial charge < -0.3 is 0 Å². The van der Waals surface area contributed by atoms with E-state index < -0.39 is 30.2 Å². The van der Waals surface area contributed by atoms with Crippen LogP contribution >= 0.6 is 0 Å². The summed E-state index contributed by atoms with van der Waals surface area (Å²) in [5, 5.41) is -0.0921. The van der Waals surface area contributed by atoms with Crippen molar-refractivity contribution in [3.05, 3.63) is 108 Å². The molecule has 0 aromatic heterocycles. The van der Waals surface area contributed by atoms with E-state index in [9.17, 15) is 16.8 Å². The molecule has 0 spiro atoms. The first-order valence-electron chi connectivity index (χ1n) is 10.5. The summed E-state index contributed by atoms with van der Waals surface area (Å²) in [5.41, 5.74) is 1.79. The van der Waals surface area contributed by atoms with E-state index in [1.54, 1.807) is 36.4 Å². The van der Waals surface area contributed by atoms with Crippen LogP contribution in [0.15, 0.2) is 107 Å². The summed E-state index contributed by atoms with van der Waals surface area (Å²) in [6, 6.07) is 28.2. The molecule has 1 aliphatic rings. The maximum atomic E-state index is 13.7. The Balaban J connectivity index is 1.69. The van der Waals surface area contributed by atoms with Crippen LogP contribution in [0.5, 0.6) is 0 Å². The van der Waals surface area contributed by atoms with Gasteiger partial charge in [-0.25, -0.2) is 16.8 Å². The van der Waals surface area contributed by atoms with Crippen molar-refractivity contribution in [1.82, 2.24) is 0 Å². The van der Waals surface area contributed by atoms with Gasteiger partial charge in [0.05, 0.1) is 20.3 Å². The van der Waals surface area contributed by atoms with Gasteiger partial charge in [-0.3, -0.25) is 0 Å². The van der Waals surface area contributed by atoms with E-state index >= 15 is 0 Å². The van der Waals surface area contributed by atoms with E-state index in [4.69, 9.17) is 0 Å². The van der Waals surface area contributed by atoms with E-state index in [1.807, 2.05) is 36.4 Å². The summed E-state index contributed by atoms with van der Waals surface area (Å²) >= 11 is 0. The second-order valence-electron chi connectivity index (χ2n) is 8.17. The predicted octanol–water partition coefficient (Wildman–Crippen LogP) is 4.62. The van der Waals surface area contributed by atoms with E-state index in [0.717, 1.165) is 21.9 Å². The lowest BCUT2D eigenvalue weighted by Crippen LogP contribution is -2.45. The molecule has 5 rings (SSSR count). The van der Waals surface area contributed by atoms with Gasteiger partial charge in [0.15, 0.2) is 19.7 Å². The highest BCUT2D eigenvalue weighted by molar-refractivity contribution is 7.96. The maximum absolute atomic E-state index is 13.7. The van der Waals surface area contributed by atoms with Gasteiger partial charge >= 0.3 is 0 Å². The first-order valence-corrected chi connectivity index (χ1v) is 13.5. The normalized spacial score (nSPS) is 18.9. The molecule has 0 bridgehead atoms. The minimum absolute atomic E-state index is 0.155. The van der Waals surface area contributed by atoms with Crippen LogP contribution in [0.25, 0.3) is 10.8 Å². The highest BCUT2D eigenvalue weighted by Gasteiger charge is 2.45. The summed E-state index contributed by atoms with van der Waals surface area (Å²) in [6.07, 6.45) is 0.322. The standard InChI is InChI=1S/C26H22O4S2/c27-31(28,23-11-3-1-4-12-23)25-17-21-15-19-9-7-8-10-20(19)16-22(21)18-26(25)32(29,30)24-13-5-2-6-14-24/h1-16,25-26H,17-18H2/t25-,26-/m1/s1. The Hall–Kier alpha value is -2.96. The van der Waals surface area contributed by atoms with Crippen LogP contribution in [0.4, 0.5) is 0 Å². The van der Waals surface area contributed by atoms with E-state index in [2.05, 4.69) is 0 Å². The third kappa shape index (κ3) is 3.53. The van der Waals surface area contributed by atoms with Crippen LogP contribution in [-0.2, 0) is 32.5 Å². The van der Waals surface area contributed by atoms with Crippen LogP contribution in [0.1, 0.15) is 11.1 Å². The fourth-order valence-corrected chi connectivity index (χ4v) is 9.04. The first-order chi connectivity index (χ1) is 15.4. The summed E-state index contributed by atoms with van der Waals surface area (Å²) in [6.45, 7) is 0. The van der Waals surface area contributed by atoms with Crippen molar-refractivity contribution in [1.29, 1.82) is 0 Å². The zero-order valence-electron chi connectivity index (χ0n) is 17.3. The summed E-state index contributed by atoms with van der Waals surface area (Å²) in [7, 11) is -7.76. The third-order valence-electron chi connectivity index (χ3n) is 6.27. The first kappa shape index (κ1) is 20.9. The highest BCUT2D eigenvalue weighted by Crippen LogP contribution is 2.37. The molecule has 6 heteroatoms. The van der Waals surface area contributed by atoms with Crippen molar-refractivity contribution < 1.29 is 16.8 Å². The number of rotatable bonds is 4. The third-order valence-corrected chi connectivity index (χ3v) is 10.9. The molecule has 0 unspecified atom stereocenters. The molecule has 4 aromatic carbocycles. The number of hydrogen-bond acceptors (Lipinski definition) is 4.